The summed E-state index contributed by atoms with van der Waals surface area (Å²) in [5.74, 6) is 4.96. The van der Waals surface area contributed by atoms with E-state index in [2.05, 4.69) is 0 Å². The molecule has 0 radical (unpaired) electrons. The molecule has 11 heavy (non-hydrogen) atoms. The van der Waals surface area contributed by atoms with Crippen LogP contribution in [-0.2, 0) is 4.57 Å². The highest BCUT2D eigenvalue weighted by atomic mass is 35.5. The number of nitrogens with two attached hydrogens (primary N) is 1. The summed E-state index contributed by atoms with van der Waals surface area (Å²) in [6.07, 6.45) is -0.228. The summed E-state index contributed by atoms with van der Waals surface area (Å²) in [7, 11) is -0.242. The Morgan fingerprint density at radius 1 is 1.55 bits per heavy atom. The van der Waals surface area contributed by atoms with Gasteiger partial charge in [0.25, 0.3) is 0 Å². The van der Waals surface area contributed by atoms with E-state index in [1.807, 2.05) is 0 Å². The number of hydrogen-bond acceptors (Lipinski definition) is 3. The van der Waals surface area contributed by atoms with Crippen LogP contribution in [0.15, 0.2) is 0 Å². The smallest absolute Gasteiger partial charge is 0.324 e. The average molecular weight is 205 g/mol. The predicted molar refractivity (Wildman–Crippen MR) is 45.5 cm³/mol. The van der Waals surface area contributed by atoms with Crippen LogP contribution >= 0.6 is 19.2 Å². The molecule has 0 spiro atoms. The summed E-state index contributed by atoms with van der Waals surface area (Å²) in [6, 6.07) is 0. The van der Waals surface area contributed by atoms with Gasteiger partial charge in [0.05, 0.1) is 6.16 Å². The highest BCUT2D eigenvalue weighted by Crippen LogP contribution is 2.33. The van der Waals surface area contributed by atoms with Crippen molar-refractivity contribution < 1.29 is 14.4 Å². The molecule has 4 N–H and O–H groups in total. The Labute approximate surface area is 71.3 Å². The molecular weight excluding hydrogens is 190 g/mol. The molecule has 0 atom stereocenters. The first-order valence-electron chi connectivity index (χ1n) is 2.82. The van der Waals surface area contributed by atoms with Gasteiger partial charge in [-0.15, -0.1) is 11.6 Å². The van der Waals surface area contributed by atoms with Gasteiger partial charge in [-0.25, -0.2) is 0 Å². The minimum atomic E-state index is -3.80. The van der Waals surface area contributed by atoms with Crippen LogP contribution in [0, 0.1) is 0 Å². The van der Waals surface area contributed by atoms with Crippen LogP contribution in [0.2, 0.25) is 0 Å². The van der Waals surface area contributed by atoms with E-state index >= 15 is 0 Å². The van der Waals surface area contributed by atoms with Crippen molar-refractivity contribution in [2.45, 2.75) is 0 Å². The zero-order valence-electron chi connectivity index (χ0n) is 6.57. The Morgan fingerprint density at radius 3 is 1.82 bits per heavy atom. The maximum Gasteiger partial charge on any atom is 0.326 e. The van der Waals surface area contributed by atoms with Crippen LogP contribution in [0.25, 0.3) is 0 Å². The molecule has 0 aliphatic rings. The fraction of sp³-hybridized carbons (Fsp3) is 1.00. The van der Waals surface area contributed by atoms with Gasteiger partial charge in [-0.2, -0.15) is 0 Å². The second-order valence-corrected chi connectivity index (χ2v) is 4.20. The molecule has 0 saturated heterocycles. The fourth-order valence-corrected chi connectivity index (χ4v) is 0.991. The van der Waals surface area contributed by atoms with Gasteiger partial charge in [0.15, 0.2) is 0 Å². The quantitative estimate of drug-likeness (QED) is 0.252. The molecule has 70 valence electrons. The molecule has 0 rings (SSSR count). The third kappa shape index (κ3) is 38.1. The first-order valence-corrected chi connectivity index (χ1v) is 5.15. The number of hydrazine groups is 1. The van der Waals surface area contributed by atoms with Gasteiger partial charge < -0.3 is 9.79 Å². The van der Waals surface area contributed by atoms with Crippen molar-refractivity contribution in [1.29, 1.82) is 0 Å². The Balaban J connectivity index is 0. The largest absolute Gasteiger partial charge is 0.326 e. The second kappa shape index (κ2) is 7.03. The molecule has 0 aromatic rings. The molecule has 0 heterocycles. The topological polar surface area (TPSA) is 86.8 Å². The second-order valence-electron chi connectivity index (χ2n) is 2.04. The highest BCUT2D eigenvalue weighted by Gasteiger charge is 2.09. The Morgan fingerprint density at radius 2 is 1.82 bits per heavy atom. The SMILES string of the molecule is CN(C)N.O=P(O)(O)CCCl. The number of halogens is 1. The summed E-state index contributed by atoms with van der Waals surface area (Å²) >= 11 is 4.99. The zero-order chi connectivity index (χ0) is 9.49. The number of hydrogen-bond donors (Lipinski definition) is 3. The molecule has 0 bridgehead atoms. The molecule has 0 aliphatic heterocycles. The third-order valence-electron chi connectivity index (χ3n) is 0.376. The van der Waals surface area contributed by atoms with Crippen molar-refractivity contribution in [3.8, 4) is 0 Å². The number of rotatable bonds is 2. The maximum atomic E-state index is 9.84. The molecule has 0 unspecified atom stereocenters. The molecule has 7 heteroatoms. The molecule has 0 aliphatic carbocycles. The first kappa shape index (κ1) is 13.9. The van der Waals surface area contributed by atoms with Crippen LogP contribution in [0.4, 0.5) is 0 Å². The molecule has 0 saturated carbocycles. The third-order valence-corrected chi connectivity index (χ3v) is 1.63. The standard InChI is InChI=1S/C2H6ClO3P.C2H8N2/c3-1-2-7(4,5)6;1-4(2)3/h1-2H2,(H2,4,5,6);3H2,1-2H3. The molecular formula is C4H14ClN2O3P. The predicted octanol–water partition coefficient (Wildman–Crippen LogP) is -0.175. The van der Waals surface area contributed by atoms with Crippen molar-refractivity contribution in [3.63, 3.8) is 0 Å². The lowest BCUT2D eigenvalue weighted by molar-refractivity contribution is 0.375. The fourth-order valence-electron chi connectivity index (χ4n) is 0.110. The van der Waals surface area contributed by atoms with Gasteiger partial charge in [0.2, 0.25) is 0 Å². The Hall–Kier alpha value is 0.360. The van der Waals surface area contributed by atoms with E-state index in [4.69, 9.17) is 27.2 Å². The van der Waals surface area contributed by atoms with E-state index in [0.29, 0.717) is 0 Å². The lowest BCUT2D eigenvalue weighted by Crippen LogP contribution is -2.18. The van der Waals surface area contributed by atoms with Crippen LogP contribution in [0.5, 0.6) is 0 Å². The summed E-state index contributed by atoms with van der Waals surface area (Å²) in [5, 5.41) is 1.50. The van der Waals surface area contributed by atoms with Gasteiger partial charge in [-0.05, 0) is 0 Å². The maximum absolute atomic E-state index is 9.84. The van der Waals surface area contributed by atoms with Gasteiger partial charge in [0.1, 0.15) is 0 Å². The zero-order valence-corrected chi connectivity index (χ0v) is 8.22. The van der Waals surface area contributed by atoms with Crippen molar-refractivity contribution in [2.75, 3.05) is 26.1 Å². The molecule has 0 fully saturated rings. The monoisotopic (exact) mass is 204 g/mol. The number of alkyl halides is 1. The van der Waals surface area contributed by atoms with Crippen LogP contribution in [0.3, 0.4) is 0 Å². The molecule has 0 amide bonds. The van der Waals surface area contributed by atoms with Gasteiger partial charge >= 0.3 is 7.60 Å². The Kier molecular flexibility index (Phi) is 8.90. The molecule has 0 aromatic carbocycles. The van der Waals surface area contributed by atoms with Gasteiger partial charge in [-0.3, -0.25) is 15.4 Å². The van der Waals surface area contributed by atoms with Crippen LogP contribution in [0.1, 0.15) is 0 Å². The number of nitrogens with zero attached hydrogens (tertiary/aromatic N) is 1. The van der Waals surface area contributed by atoms with Gasteiger partial charge in [-0.1, -0.05) is 0 Å². The van der Waals surface area contributed by atoms with E-state index in [9.17, 15) is 4.57 Å². The van der Waals surface area contributed by atoms with Crippen molar-refractivity contribution in [2.24, 2.45) is 5.84 Å². The van der Waals surface area contributed by atoms with E-state index < -0.39 is 7.60 Å². The lowest BCUT2D eigenvalue weighted by atomic mass is 11.0. The van der Waals surface area contributed by atoms with E-state index in [0.717, 1.165) is 0 Å². The van der Waals surface area contributed by atoms with Crippen molar-refractivity contribution in [3.05, 3.63) is 0 Å². The van der Waals surface area contributed by atoms with Crippen LogP contribution in [-0.4, -0.2) is 40.9 Å². The van der Waals surface area contributed by atoms with E-state index in [-0.39, 0.29) is 12.0 Å². The summed E-state index contributed by atoms with van der Waals surface area (Å²) < 4.78 is 9.84. The van der Waals surface area contributed by atoms with Gasteiger partial charge in [0, 0.05) is 20.0 Å². The van der Waals surface area contributed by atoms with Crippen LogP contribution < -0.4 is 5.84 Å². The summed E-state index contributed by atoms with van der Waals surface area (Å²) in [6.45, 7) is 0. The molecule has 5 nitrogen and oxygen atoms in total. The minimum Gasteiger partial charge on any atom is -0.324 e. The average Bonchev–Trinajstić information content (AvgIpc) is 1.58. The first-order chi connectivity index (χ1) is 4.79. The minimum absolute atomic E-state index is 0.0181. The van der Waals surface area contributed by atoms with E-state index in [1.54, 1.807) is 14.1 Å². The summed E-state index contributed by atoms with van der Waals surface area (Å²) in [5.41, 5.74) is 0. The Bertz CT molecular complexity index is 124. The molecule has 0 aromatic heterocycles. The van der Waals surface area contributed by atoms with E-state index in [1.165, 1.54) is 5.01 Å². The van der Waals surface area contributed by atoms with Crippen molar-refractivity contribution >= 4 is 19.2 Å². The normalized spacial score (nSPS) is 10.8. The summed E-state index contributed by atoms with van der Waals surface area (Å²) in [4.78, 5) is 16.1. The lowest BCUT2D eigenvalue weighted by Gasteiger charge is -1.95. The highest BCUT2D eigenvalue weighted by molar-refractivity contribution is 7.51. The van der Waals surface area contributed by atoms with Crippen molar-refractivity contribution in [1.82, 2.24) is 5.01 Å².